The average Bonchev–Trinajstić information content (AvgIpc) is 3.35. The molecule has 0 saturated heterocycles. The standard InChI is InChI=1S/C18H19N3O2/c1-11-4-3-5-12(2)16(11)21-17(22)13-8-9-19-15(10-13)18(23)20-14-6-7-14/h3-5,8-10,14H,6-7H2,1-2H3,(H,20,23)(H,21,22). The third kappa shape index (κ3) is 3.56. The van der Waals surface area contributed by atoms with Crippen LogP contribution < -0.4 is 10.6 Å². The SMILES string of the molecule is Cc1cccc(C)c1NC(=O)c1ccnc(C(=O)NC2CC2)c1. The number of benzene rings is 1. The lowest BCUT2D eigenvalue weighted by Gasteiger charge is -2.11. The number of para-hydroxylation sites is 1. The zero-order valence-electron chi connectivity index (χ0n) is 13.2. The van der Waals surface area contributed by atoms with Gasteiger partial charge in [0.25, 0.3) is 11.8 Å². The van der Waals surface area contributed by atoms with E-state index in [-0.39, 0.29) is 23.6 Å². The van der Waals surface area contributed by atoms with Gasteiger partial charge in [0.15, 0.2) is 0 Å². The van der Waals surface area contributed by atoms with E-state index in [2.05, 4.69) is 15.6 Å². The summed E-state index contributed by atoms with van der Waals surface area (Å²) in [5, 5.41) is 5.79. The number of carbonyl (C=O) groups is 2. The molecule has 0 atom stereocenters. The normalized spacial score (nSPS) is 13.5. The monoisotopic (exact) mass is 309 g/mol. The molecule has 1 saturated carbocycles. The first-order valence-electron chi connectivity index (χ1n) is 7.69. The first-order chi connectivity index (χ1) is 11.0. The van der Waals surface area contributed by atoms with Crippen LogP contribution in [0.25, 0.3) is 0 Å². The molecule has 118 valence electrons. The predicted octanol–water partition coefficient (Wildman–Crippen LogP) is 2.84. The number of anilines is 1. The first kappa shape index (κ1) is 15.2. The molecule has 1 aromatic heterocycles. The summed E-state index contributed by atoms with van der Waals surface area (Å²) < 4.78 is 0. The molecule has 0 unspecified atom stereocenters. The van der Waals surface area contributed by atoms with Gasteiger partial charge in [0.2, 0.25) is 0 Å². The summed E-state index contributed by atoms with van der Waals surface area (Å²) in [5.41, 5.74) is 3.49. The van der Waals surface area contributed by atoms with Crippen molar-refractivity contribution >= 4 is 17.5 Å². The van der Waals surface area contributed by atoms with Gasteiger partial charge in [0, 0.05) is 23.5 Å². The molecule has 0 spiro atoms. The fraction of sp³-hybridized carbons (Fsp3) is 0.278. The van der Waals surface area contributed by atoms with Gasteiger partial charge in [0.05, 0.1) is 0 Å². The van der Waals surface area contributed by atoms with E-state index in [0.717, 1.165) is 29.7 Å². The van der Waals surface area contributed by atoms with Crippen LogP contribution in [0.5, 0.6) is 0 Å². The Morgan fingerprint density at radius 1 is 1.09 bits per heavy atom. The van der Waals surface area contributed by atoms with Crippen molar-refractivity contribution in [2.75, 3.05) is 5.32 Å². The smallest absolute Gasteiger partial charge is 0.270 e. The second-order valence-electron chi connectivity index (χ2n) is 5.90. The molecule has 0 aliphatic heterocycles. The van der Waals surface area contributed by atoms with Crippen LogP contribution in [0.1, 0.15) is 44.8 Å². The van der Waals surface area contributed by atoms with Crippen LogP contribution in [0.3, 0.4) is 0 Å². The summed E-state index contributed by atoms with van der Waals surface area (Å²) in [7, 11) is 0. The fourth-order valence-electron chi connectivity index (χ4n) is 2.38. The lowest BCUT2D eigenvalue weighted by molar-refractivity contribution is 0.0946. The van der Waals surface area contributed by atoms with E-state index in [4.69, 9.17) is 0 Å². The van der Waals surface area contributed by atoms with Crippen molar-refractivity contribution in [3.63, 3.8) is 0 Å². The largest absolute Gasteiger partial charge is 0.348 e. The molecule has 2 amide bonds. The molecule has 1 fully saturated rings. The van der Waals surface area contributed by atoms with Crippen LogP contribution in [0.4, 0.5) is 5.69 Å². The molecule has 5 nitrogen and oxygen atoms in total. The highest BCUT2D eigenvalue weighted by Gasteiger charge is 2.24. The molecule has 3 rings (SSSR count). The molecule has 0 radical (unpaired) electrons. The van der Waals surface area contributed by atoms with Crippen molar-refractivity contribution < 1.29 is 9.59 Å². The molecule has 1 aromatic carbocycles. The van der Waals surface area contributed by atoms with Crippen LogP contribution >= 0.6 is 0 Å². The minimum Gasteiger partial charge on any atom is -0.348 e. The van der Waals surface area contributed by atoms with E-state index in [1.54, 1.807) is 6.07 Å². The quantitative estimate of drug-likeness (QED) is 0.912. The third-order valence-electron chi connectivity index (χ3n) is 3.89. The zero-order valence-corrected chi connectivity index (χ0v) is 13.2. The van der Waals surface area contributed by atoms with E-state index >= 15 is 0 Å². The van der Waals surface area contributed by atoms with Crippen molar-refractivity contribution in [3.8, 4) is 0 Å². The Balaban J connectivity index is 1.78. The van der Waals surface area contributed by atoms with Gasteiger partial charge in [-0.2, -0.15) is 0 Å². The van der Waals surface area contributed by atoms with Crippen molar-refractivity contribution in [1.29, 1.82) is 0 Å². The van der Waals surface area contributed by atoms with Crippen molar-refractivity contribution in [2.45, 2.75) is 32.7 Å². The van der Waals surface area contributed by atoms with E-state index in [9.17, 15) is 9.59 Å². The Labute approximate surface area is 135 Å². The number of nitrogens with one attached hydrogen (secondary N) is 2. The van der Waals surface area contributed by atoms with Gasteiger partial charge in [-0.3, -0.25) is 14.6 Å². The molecule has 0 bridgehead atoms. The number of carbonyl (C=O) groups excluding carboxylic acids is 2. The lowest BCUT2D eigenvalue weighted by Crippen LogP contribution is -2.26. The Morgan fingerprint density at radius 2 is 1.78 bits per heavy atom. The number of rotatable bonds is 4. The molecule has 1 heterocycles. The number of aryl methyl sites for hydroxylation is 2. The Kier molecular flexibility index (Phi) is 4.10. The summed E-state index contributed by atoms with van der Waals surface area (Å²) in [4.78, 5) is 28.5. The summed E-state index contributed by atoms with van der Waals surface area (Å²) in [6, 6.07) is 9.24. The molecule has 2 N–H and O–H groups in total. The molecule has 2 aromatic rings. The minimum absolute atomic E-state index is 0.228. The highest BCUT2D eigenvalue weighted by atomic mass is 16.2. The van der Waals surface area contributed by atoms with Crippen LogP contribution in [-0.4, -0.2) is 22.8 Å². The topological polar surface area (TPSA) is 71.1 Å². The third-order valence-corrected chi connectivity index (χ3v) is 3.89. The van der Waals surface area contributed by atoms with Gasteiger partial charge in [-0.1, -0.05) is 18.2 Å². The highest BCUT2D eigenvalue weighted by molar-refractivity contribution is 6.06. The Hall–Kier alpha value is -2.69. The lowest BCUT2D eigenvalue weighted by atomic mass is 10.1. The molecule has 5 heteroatoms. The van der Waals surface area contributed by atoms with Crippen LogP contribution in [-0.2, 0) is 0 Å². The highest BCUT2D eigenvalue weighted by Crippen LogP contribution is 2.21. The summed E-state index contributed by atoms with van der Waals surface area (Å²) in [5.74, 6) is -0.473. The van der Waals surface area contributed by atoms with Crippen LogP contribution in [0.2, 0.25) is 0 Å². The predicted molar refractivity (Wildman–Crippen MR) is 88.6 cm³/mol. The molecular formula is C18H19N3O2. The maximum Gasteiger partial charge on any atom is 0.270 e. The maximum absolute atomic E-state index is 12.5. The van der Waals surface area contributed by atoms with Crippen molar-refractivity contribution in [2.24, 2.45) is 0 Å². The van der Waals surface area contributed by atoms with Crippen molar-refractivity contribution in [3.05, 3.63) is 58.9 Å². The fourth-order valence-corrected chi connectivity index (χ4v) is 2.38. The summed E-state index contributed by atoms with van der Waals surface area (Å²) >= 11 is 0. The number of hydrogen-bond acceptors (Lipinski definition) is 3. The Bertz CT molecular complexity index is 746. The Morgan fingerprint density at radius 3 is 2.43 bits per heavy atom. The van der Waals surface area contributed by atoms with E-state index in [1.165, 1.54) is 12.3 Å². The van der Waals surface area contributed by atoms with Gasteiger partial charge in [-0.15, -0.1) is 0 Å². The van der Waals surface area contributed by atoms with E-state index in [0.29, 0.717) is 5.56 Å². The van der Waals surface area contributed by atoms with Crippen molar-refractivity contribution in [1.82, 2.24) is 10.3 Å². The number of pyridine rings is 1. The van der Waals surface area contributed by atoms with Gasteiger partial charge in [0.1, 0.15) is 5.69 Å². The molecular weight excluding hydrogens is 290 g/mol. The maximum atomic E-state index is 12.5. The number of amides is 2. The van der Waals surface area contributed by atoms with E-state index in [1.807, 2.05) is 32.0 Å². The van der Waals surface area contributed by atoms with Crippen LogP contribution in [0.15, 0.2) is 36.5 Å². The molecule has 1 aliphatic rings. The van der Waals surface area contributed by atoms with E-state index < -0.39 is 0 Å². The van der Waals surface area contributed by atoms with Gasteiger partial charge in [-0.05, 0) is 49.9 Å². The molecule has 1 aliphatic carbocycles. The molecule has 23 heavy (non-hydrogen) atoms. The zero-order chi connectivity index (χ0) is 16.4. The minimum atomic E-state index is -0.245. The summed E-state index contributed by atoms with van der Waals surface area (Å²) in [6.45, 7) is 3.90. The summed E-state index contributed by atoms with van der Waals surface area (Å²) in [6.07, 6.45) is 3.51. The van der Waals surface area contributed by atoms with Gasteiger partial charge < -0.3 is 10.6 Å². The van der Waals surface area contributed by atoms with Gasteiger partial charge in [-0.25, -0.2) is 0 Å². The second-order valence-corrected chi connectivity index (χ2v) is 5.90. The number of nitrogens with zero attached hydrogens (tertiary/aromatic N) is 1. The van der Waals surface area contributed by atoms with Crippen LogP contribution in [0, 0.1) is 13.8 Å². The average molecular weight is 309 g/mol. The number of hydrogen-bond donors (Lipinski definition) is 2. The van der Waals surface area contributed by atoms with Gasteiger partial charge >= 0.3 is 0 Å². The second kappa shape index (κ2) is 6.20. The first-order valence-corrected chi connectivity index (χ1v) is 7.69. The number of aromatic nitrogens is 1.